The molecule has 3 fully saturated rings. The highest BCUT2D eigenvalue weighted by Crippen LogP contribution is 2.68. The summed E-state index contributed by atoms with van der Waals surface area (Å²) in [4.78, 5) is 13.2. The highest BCUT2D eigenvalue weighted by atomic mass is 16.3. The molecule has 4 rings (SSSR count). The van der Waals surface area contributed by atoms with Crippen LogP contribution in [0.25, 0.3) is 0 Å². The van der Waals surface area contributed by atoms with Crippen molar-refractivity contribution in [1.82, 2.24) is 0 Å². The van der Waals surface area contributed by atoms with Crippen molar-refractivity contribution in [3.05, 3.63) is 11.6 Å². The van der Waals surface area contributed by atoms with Crippen LogP contribution in [0.5, 0.6) is 0 Å². The van der Waals surface area contributed by atoms with Crippen molar-refractivity contribution in [2.45, 2.75) is 111 Å². The lowest BCUT2D eigenvalue weighted by atomic mass is 9.44. The Labute approximate surface area is 207 Å². The van der Waals surface area contributed by atoms with Crippen LogP contribution in [0.2, 0.25) is 0 Å². The van der Waals surface area contributed by atoms with Crippen LogP contribution in [-0.4, -0.2) is 39.9 Å². The van der Waals surface area contributed by atoms with Gasteiger partial charge in [0.1, 0.15) is 6.10 Å². The third-order valence-corrected chi connectivity index (χ3v) is 11.3. The minimum atomic E-state index is -1.34. The van der Waals surface area contributed by atoms with Crippen LogP contribution >= 0.6 is 0 Å². The first kappa shape index (κ1) is 26.4. The molecule has 4 aliphatic rings. The first-order valence-corrected chi connectivity index (χ1v) is 14.2. The Morgan fingerprint density at radius 2 is 1.85 bits per heavy atom. The zero-order valence-electron chi connectivity index (χ0n) is 22.3. The highest BCUT2D eigenvalue weighted by Gasteiger charge is 2.62. The number of aliphatic hydroxyl groups is 3. The van der Waals surface area contributed by atoms with Gasteiger partial charge in [0.2, 0.25) is 0 Å². The maximum absolute atomic E-state index is 13.2. The molecule has 194 valence electrons. The molecule has 2 unspecified atom stereocenters. The number of allylic oxidation sites excluding steroid dienone is 1. The molecule has 0 aromatic rings. The molecule has 3 saturated carbocycles. The number of Topliss-reactive ketones (excluding diaryl/α,β-unsaturated/α-hetero) is 1. The van der Waals surface area contributed by atoms with Gasteiger partial charge in [0, 0.05) is 11.3 Å². The maximum Gasteiger partial charge on any atom is 0.167 e. The summed E-state index contributed by atoms with van der Waals surface area (Å²) >= 11 is 0. The molecular formula is C30H50O4. The minimum Gasteiger partial charge on any atom is -0.393 e. The fourth-order valence-electron chi connectivity index (χ4n) is 9.50. The Morgan fingerprint density at radius 1 is 1.12 bits per heavy atom. The van der Waals surface area contributed by atoms with E-state index in [4.69, 9.17) is 0 Å². The Bertz CT molecular complexity index is 774. The summed E-state index contributed by atoms with van der Waals surface area (Å²) < 4.78 is 0. The van der Waals surface area contributed by atoms with E-state index in [0.717, 1.165) is 30.6 Å². The van der Waals surface area contributed by atoms with Gasteiger partial charge in [-0.1, -0.05) is 65.5 Å². The molecule has 0 radical (unpaired) electrons. The molecule has 0 saturated heterocycles. The van der Waals surface area contributed by atoms with E-state index in [1.54, 1.807) is 0 Å². The van der Waals surface area contributed by atoms with E-state index in [-0.39, 0.29) is 11.2 Å². The van der Waals surface area contributed by atoms with E-state index in [1.807, 2.05) is 0 Å². The Kier molecular flexibility index (Phi) is 7.73. The number of fused-ring (bicyclic) bond motifs is 5. The van der Waals surface area contributed by atoms with Gasteiger partial charge >= 0.3 is 0 Å². The van der Waals surface area contributed by atoms with Gasteiger partial charge in [-0.15, -0.1) is 0 Å². The van der Waals surface area contributed by atoms with Crippen molar-refractivity contribution in [1.29, 1.82) is 0 Å². The smallest absolute Gasteiger partial charge is 0.167 e. The predicted molar refractivity (Wildman–Crippen MR) is 136 cm³/mol. The van der Waals surface area contributed by atoms with Crippen molar-refractivity contribution in [3.63, 3.8) is 0 Å². The first-order valence-electron chi connectivity index (χ1n) is 14.2. The summed E-state index contributed by atoms with van der Waals surface area (Å²) in [6.07, 6.45) is 11.6. The van der Waals surface area contributed by atoms with E-state index in [0.29, 0.717) is 36.0 Å². The van der Waals surface area contributed by atoms with Crippen LogP contribution in [0.3, 0.4) is 0 Å². The number of rotatable bonds is 8. The number of aliphatic hydroxyl groups excluding tert-OH is 3. The van der Waals surface area contributed by atoms with Crippen molar-refractivity contribution in [3.8, 4) is 0 Å². The van der Waals surface area contributed by atoms with Crippen LogP contribution in [0, 0.1) is 52.3 Å². The monoisotopic (exact) mass is 474 g/mol. The number of hydrogen-bond acceptors (Lipinski definition) is 4. The van der Waals surface area contributed by atoms with Crippen LogP contribution in [-0.2, 0) is 4.79 Å². The molecule has 4 aliphatic carbocycles. The standard InChI is InChI=1S/C30H50O4/c1-18(2)7-6-8-19(3)23-11-12-24-22-10-9-20-15-21(32)16-26(28(34)27(33)17-31)30(20,5)25(22)13-14-29(23,24)4/h9,18-19,21-27,31-33H,6-8,10-17H2,1-5H3/t19-,21-,22+,23-,24+,25+,26?,27?,29-,30+/m1/s1. The third kappa shape index (κ3) is 4.34. The molecule has 4 nitrogen and oxygen atoms in total. The molecule has 0 heterocycles. The second kappa shape index (κ2) is 9.98. The fraction of sp³-hybridized carbons (Fsp3) is 0.900. The molecular weight excluding hydrogens is 424 g/mol. The van der Waals surface area contributed by atoms with E-state index in [2.05, 4.69) is 40.7 Å². The maximum atomic E-state index is 13.2. The van der Waals surface area contributed by atoms with Gasteiger partial charge < -0.3 is 15.3 Å². The van der Waals surface area contributed by atoms with E-state index < -0.39 is 24.7 Å². The second-order valence-electron chi connectivity index (χ2n) is 13.4. The van der Waals surface area contributed by atoms with Gasteiger partial charge in [-0.2, -0.15) is 0 Å². The van der Waals surface area contributed by atoms with Gasteiger partial charge in [-0.05, 0) is 85.9 Å². The van der Waals surface area contributed by atoms with Gasteiger partial charge in [0.25, 0.3) is 0 Å². The highest BCUT2D eigenvalue weighted by molar-refractivity contribution is 5.87. The van der Waals surface area contributed by atoms with E-state index in [9.17, 15) is 20.1 Å². The lowest BCUT2D eigenvalue weighted by Gasteiger charge is -2.60. The van der Waals surface area contributed by atoms with Gasteiger partial charge in [-0.25, -0.2) is 0 Å². The van der Waals surface area contributed by atoms with Gasteiger partial charge in [-0.3, -0.25) is 4.79 Å². The number of hydrogen-bond donors (Lipinski definition) is 3. The zero-order chi connectivity index (χ0) is 24.8. The Morgan fingerprint density at radius 3 is 2.53 bits per heavy atom. The largest absolute Gasteiger partial charge is 0.393 e. The summed E-state index contributed by atoms with van der Waals surface area (Å²) in [5.74, 6) is 3.38. The van der Waals surface area contributed by atoms with E-state index >= 15 is 0 Å². The van der Waals surface area contributed by atoms with Crippen LogP contribution in [0.1, 0.15) is 98.8 Å². The molecule has 0 amide bonds. The number of carbonyl (C=O) groups excluding carboxylic acids is 1. The van der Waals surface area contributed by atoms with Crippen molar-refractivity contribution >= 4 is 5.78 Å². The summed E-state index contributed by atoms with van der Waals surface area (Å²) in [7, 11) is 0. The second-order valence-corrected chi connectivity index (χ2v) is 13.4. The van der Waals surface area contributed by atoms with Gasteiger partial charge in [0.05, 0.1) is 12.7 Å². The molecule has 34 heavy (non-hydrogen) atoms. The fourth-order valence-corrected chi connectivity index (χ4v) is 9.50. The molecule has 10 atom stereocenters. The molecule has 0 spiro atoms. The average molecular weight is 475 g/mol. The van der Waals surface area contributed by atoms with Crippen LogP contribution < -0.4 is 0 Å². The quantitative estimate of drug-likeness (QED) is 0.404. The lowest BCUT2D eigenvalue weighted by molar-refractivity contribution is -0.146. The predicted octanol–water partition coefficient (Wildman–Crippen LogP) is 5.54. The molecule has 0 aromatic carbocycles. The van der Waals surface area contributed by atoms with Crippen LogP contribution in [0.4, 0.5) is 0 Å². The number of carbonyl (C=O) groups is 1. The third-order valence-electron chi connectivity index (χ3n) is 11.3. The SMILES string of the molecule is CC(C)CCC[C@@H](C)[C@H]1CC[C@H]2[C@@H]3CC=C4C[C@@H](O)CC(C(=O)C(O)CO)[C@]4(C)[C@H]3CC[C@]12C. The van der Waals surface area contributed by atoms with Crippen molar-refractivity contribution < 1.29 is 20.1 Å². The minimum absolute atomic E-state index is 0.272. The normalized spacial score (nSPS) is 43.5. The van der Waals surface area contributed by atoms with Gasteiger partial charge in [0.15, 0.2) is 5.78 Å². The van der Waals surface area contributed by atoms with E-state index in [1.165, 1.54) is 44.1 Å². The molecule has 0 aromatic heterocycles. The first-order chi connectivity index (χ1) is 16.0. The molecule has 3 N–H and O–H groups in total. The summed E-state index contributed by atoms with van der Waals surface area (Å²) in [5, 5.41) is 30.3. The molecule has 0 aliphatic heterocycles. The Hall–Kier alpha value is -0.710. The van der Waals surface area contributed by atoms with Crippen molar-refractivity contribution in [2.24, 2.45) is 52.3 Å². The number of ketones is 1. The topological polar surface area (TPSA) is 77.8 Å². The Balaban J connectivity index is 1.58. The lowest BCUT2D eigenvalue weighted by Crippen LogP contribution is -2.56. The summed E-state index contributed by atoms with van der Waals surface area (Å²) in [6, 6.07) is 0. The summed E-state index contributed by atoms with van der Waals surface area (Å²) in [5.41, 5.74) is 1.31. The molecule has 4 heteroatoms. The van der Waals surface area contributed by atoms with Crippen LogP contribution in [0.15, 0.2) is 11.6 Å². The zero-order valence-corrected chi connectivity index (χ0v) is 22.3. The van der Waals surface area contributed by atoms with Crippen molar-refractivity contribution in [2.75, 3.05) is 6.61 Å². The molecule has 0 bridgehead atoms. The average Bonchev–Trinajstić information content (AvgIpc) is 3.15. The summed E-state index contributed by atoms with van der Waals surface area (Å²) in [6.45, 7) is 11.4.